The molecule has 98 valence electrons. The van der Waals surface area contributed by atoms with E-state index in [1.807, 2.05) is 34.0 Å². The Morgan fingerprint density at radius 3 is 2.35 bits per heavy atom. The van der Waals surface area contributed by atoms with E-state index in [4.69, 9.17) is 0 Å². The van der Waals surface area contributed by atoms with E-state index in [-0.39, 0.29) is 0 Å². The lowest BCUT2D eigenvalue weighted by atomic mass is 10.3. The molecule has 0 unspecified atom stereocenters. The van der Waals surface area contributed by atoms with Gasteiger partial charge in [-0.05, 0) is 40.4 Å². The summed E-state index contributed by atoms with van der Waals surface area (Å²) in [6.07, 6.45) is 4.36. The van der Waals surface area contributed by atoms with Crippen LogP contribution in [0.3, 0.4) is 0 Å². The molecular weight excluding hydrogens is 230 g/mol. The Balaban J connectivity index is 4.45. The average molecular weight is 255 g/mol. The van der Waals surface area contributed by atoms with E-state index in [0.717, 1.165) is 35.2 Å². The number of rotatable bonds is 5. The van der Waals surface area contributed by atoms with Gasteiger partial charge in [-0.25, -0.2) is 4.99 Å². The molecular formula is C13H25N3S. The third kappa shape index (κ3) is 8.02. The van der Waals surface area contributed by atoms with Gasteiger partial charge in [-0.3, -0.25) is 4.99 Å². The molecule has 17 heavy (non-hydrogen) atoms. The van der Waals surface area contributed by atoms with E-state index >= 15 is 0 Å². The van der Waals surface area contributed by atoms with Crippen molar-refractivity contribution >= 4 is 22.6 Å². The molecule has 0 aliphatic heterocycles. The number of nitrogens with one attached hydrogen (secondary N) is 1. The molecule has 0 saturated heterocycles. The van der Waals surface area contributed by atoms with Crippen molar-refractivity contribution < 1.29 is 0 Å². The maximum absolute atomic E-state index is 4.49. The third-order valence-corrected chi connectivity index (χ3v) is 3.07. The molecule has 0 fully saturated rings. The lowest BCUT2D eigenvalue weighted by Crippen LogP contribution is -2.19. The minimum Gasteiger partial charge on any atom is -0.346 e. The van der Waals surface area contributed by atoms with Gasteiger partial charge in [-0.2, -0.15) is 0 Å². The summed E-state index contributed by atoms with van der Waals surface area (Å²) in [6, 6.07) is 0. The monoisotopic (exact) mass is 255 g/mol. The molecule has 0 radical (unpaired) electrons. The summed E-state index contributed by atoms with van der Waals surface area (Å²) in [5, 5.41) is 4.35. The number of nitrogens with zero attached hydrogens (tertiary/aromatic N) is 2. The predicted octanol–water partition coefficient (Wildman–Crippen LogP) is 3.83. The van der Waals surface area contributed by atoms with Crippen LogP contribution in [0.25, 0.3) is 0 Å². The van der Waals surface area contributed by atoms with Crippen LogP contribution in [0.15, 0.2) is 21.4 Å². The number of hydrogen-bond donors (Lipinski definition) is 1. The summed E-state index contributed by atoms with van der Waals surface area (Å²) in [7, 11) is 0. The van der Waals surface area contributed by atoms with E-state index < -0.39 is 0 Å². The van der Waals surface area contributed by atoms with Crippen LogP contribution in [0.5, 0.6) is 0 Å². The fourth-order valence-electron chi connectivity index (χ4n) is 1.17. The van der Waals surface area contributed by atoms with Crippen molar-refractivity contribution in [2.24, 2.45) is 9.98 Å². The van der Waals surface area contributed by atoms with Gasteiger partial charge in [0, 0.05) is 12.2 Å². The standard InChI is InChI=1S/C13H25N3S/c1-7-8-9-14-12(4)15-10(2)11(3)16-13(5)17-6/h7-9H2,1-6H3,(H,14,15)/b11-10+,16-13?. The van der Waals surface area contributed by atoms with Gasteiger partial charge in [0.25, 0.3) is 0 Å². The molecule has 0 amide bonds. The lowest BCUT2D eigenvalue weighted by Gasteiger charge is -2.08. The van der Waals surface area contributed by atoms with Crippen LogP contribution in [0.4, 0.5) is 0 Å². The average Bonchev–Trinajstić information content (AvgIpc) is 2.28. The SMILES string of the molecule is CCCCN=C(C)N/C(C)=C(\C)N=C(C)SC. The maximum atomic E-state index is 4.49. The van der Waals surface area contributed by atoms with Crippen LogP contribution in [0.2, 0.25) is 0 Å². The Labute approximate surface area is 110 Å². The predicted molar refractivity (Wildman–Crippen MR) is 81.0 cm³/mol. The molecule has 0 aromatic heterocycles. The van der Waals surface area contributed by atoms with Crippen LogP contribution in [-0.4, -0.2) is 23.7 Å². The van der Waals surface area contributed by atoms with E-state index in [1.165, 1.54) is 6.42 Å². The summed E-state index contributed by atoms with van der Waals surface area (Å²) in [5.74, 6) is 0.965. The minimum atomic E-state index is 0.898. The van der Waals surface area contributed by atoms with E-state index in [9.17, 15) is 0 Å². The fourth-order valence-corrected chi connectivity index (χ4v) is 1.40. The Morgan fingerprint density at radius 2 is 1.82 bits per heavy atom. The van der Waals surface area contributed by atoms with Crippen LogP contribution in [0.1, 0.15) is 47.5 Å². The molecule has 0 aromatic carbocycles. The van der Waals surface area contributed by atoms with E-state index in [0.29, 0.717) is 0 Å². The first-order valence-electron chi connectivity index (χ1n) is 6.06. The molecule has 0 rings (SSSR count). The molecule has 0 aromatic rings. The Kier molecular flexibility index (Phi) is 8.86. The highest BCUT2D eigenvalue weighted by molar-refractivity contribution is 8.13. The Hall–Kier alpha value is -0.770. The Morgan fingerprint density at radius 1 is 1.18 bits per heavy atom. The molecule has 4 heteroatoms. The van der Waals surface area contributed by atoms with Crippen molar-refractivity contribution in [2.45, 2.75) is 47.5 Å². The number of allylic oxidation sites excluding steroid dienone is 2. The van der Waals surface area contributed by atoms with Gasteiger partial charge < -0.3 is 5.32 Å². The van der Waals surface area contributed by atoms with Crippen molar-refractivity contribution in [3.05, 3.63) is 11.4 Å². The van der Waals surface area contributed by atoms with Crippen LogP contribution in [-0.2, 0) is 0 Å². The molecule has 0 aliphatic carbocycles. The molecule has 0 aliphatic rings. The highest BCUT2D eigenvalue weighted by atomic mass is 32.2. The van der Waals surface area contributed by atoms with Crippen LogP contribution < -0.4 is 5.32 Å². The molecule has 0 saturated carbocycles. The van der Waals surface area contributed by atoms with Gasteiger partial charge in [-0.1, -0.05) is 13.3 Å². The van der Waals surface area contributed by atoms with Gasteiger partial charge >= 0.3 is 0 Å². The lowest BCUT2D eigenvalue weighted by molar-refractivity contribution is 0.803. The summed E-state index contributed by atoms with van der Waals surface area (Å²) in [6.45, 7) is 11.1. The number of unbranched alkanes of at least 4 members (excludes halogenated alkanes) is 1. The van der Waals surface area contributed by atoms with Gasteiger partial charge in [0.1, 0.15) is 0 Å². The zero-order valence-corrected chi connectivity index (χ0v) is 12.7. The first kappa shape index (κ1) is 16.2. The fraction of sp³-hybridized carbons (Fsp3) is 0.692. The topological polar surface area (TPSA) is 36.8 Å². The first-order valence-corrected chi connectivity index (χ1v) is 7.28. The molecule has 0 heterocycles. The van der Waals surface area contributed by atoms with Crippen molar-refractivity contribution in [2.75, 3.05) is 12.8 Å². The largest absolute Gasteiger partial charge is 0.346 e. The summed E-state index contributed by atoms with van der Waals surface area (Å²) < 4.78 is 0. The Bertz CT molecular complexity index is 317. The van der Waals surface area contributed by atoms with E-state index in [1.54, 1.807) is 11.8 Å². The van der Waals surface area contributed by atoms with Crippen molar-refractivity contribution in [3.8, 4) is 0 Å². The van der Waals surface area contributed by atoms with E-state index in [2.05, 4.69) is 22.2 Å². The first-order chi connectivity index (χ1) is 8.01. The number of hydrogen-bond acceptors (Lipinski definition) is 3. The number of aliphatic imine (C=N–C) groups is 2. The molecule has 0 spiro atoms. The van der Waals surface area contributed by atoms with Crippen molar-refractivity contribution in [3.63, 3.8) is 0 Å². The van der Waals surface area contributed by atoms with Gasteiger partial charge in [-0.15, -0.1) is 11.8 Å². The van der Waals surface area contributed by atoms with Crippen LogP contribution in [0, 0.1) is 0 Å². The zero-order valence-electron chi connectivity index (χ0n) is 11.9. The van der Waals surface area contributed by atoms with Gasteiger partial charge in [0.15, 0.2) is 0 Å². The molecule has 1 N–H and O–H groups in total. The normalized spacial score (nSPS) is 14.7. The number of amidine groups is 1. The molecule has 3 nitrogen and oxygen atoms in total. The van der Waals surface area contributed by atoms with Gasteiger partial charge in [0.05, 0.1) is 16.6 Å². The number of thioether (sulfide) groups is 1. The second-order valence-electron chi connectivity index (χ2n) is 3.99. The maximum Gasteiger partial charge on any atom is 0.0973 e. The highest BCUT2D eigenvalue weighted by Gasteiger charge is 1.97. The second-order valence-corrected chi connectivity index (χ2v) is 4.99. The van der Waals surface area contributed by atoms with Crippen LogP contribution >= 0.6 is 11.8 Å². The third-order valence-electron chi connectivity index (χ3n) is 2.39. The molecule has 0 atom stereocenters. The zero-order chi connectivity index (χ0) is 13.3. The minimum absolute atomic E-state index is 0.898. The summed E-state index contributed by atoms with van der Waals surface area (Å²) in [5.41, 5.74) is 2.08. The van der Waals surface area contributed by atoms with Crippen molar-refractivity contribution in [1.29, 1.82) is 0 Å². The van der Waals surface area contributed by atoms with Crippen molar-refractivity contribution in [1.82, 2.24) is 5.32 Å². The highest BCUT2D eigenvalue weighted by Crippen LogP contribution is 2.06. The smallest absolute Gasteiger partial charge is 0.0973 e. The summed E-state index contributed by atoms with van der Waals surface area (Å²) in [4.78, 5) is 8.94. The molecule has 0 bridgehead atoms. The van der Waals surface area contributed by atoms with Gasteiger partial charge in [0.2, 0.25) is 0 Å². The second kappa shape index (κ2) is 9.28. The summed E-state index contributed by atoms with van der Waals surface area (Å²) >= 11 is 1.66. The quantitative estimate of drug-likeness (QED) is 0.460.